The Morgan fingerprint density at radius 2 is 2.00 bits per heavy atom. The van der Waals surface area contributed by atoms with Gasteiger partial charge in [0.15, 0.2) is 5.11 Å². The summed E-state index contributed by atoms with van der Waals surface area (Å²) >= 11 is 4.83. The number of nitrogens with one attached hydrogen (secondary N) is 3. The van der Waals surface area contributed by atoms with Crippen LogP contribution in [0.25, 0.3) is 0 Å². The topological polar surface area (TPSA) is 36.1 Å². The van der Waals surface area contributed by atoms with Crippen molar-refractivity contribution in [3.8, 4) is 0 Å². The van der Waals surface area contributed by atoms with Gasteiger partial charge in [-0.3, -0.25) is 5.43 Å². The molecule has 0 fully saturated rings. The first-order valence-electron chi connectivity index (χ1n) is 3.08. The number of rotatable bonds is 3. The second-order valence-electron chi connectivity index (χ2n) is 1.51. The molecular weight excluding hydrogens is 134 g/mol. The van der Waals surface area contributed by atoms with Gasteiger partial charge in [0.25, 0.3) is 0 Å². The van der Waals surface area contributed by atoms with Gasteiger partial charge in [0.1, 0.15) is 0 Å². The molecule has 0 aromatic rings. The lowest BCUT2D eigenvalue weighted by Crippen LogP contribution is -2.43. The summed E-state index contributed by atoms with van der Waals surface area (Å²) in [5.74, 6) is 0. The Morgan fingerprint density at radius 3 is 2.44 bits per heavy atom. The molecule has 0 bridgehead atoms. The maximum absolute atomic E-state index is 4.83. The summed E-state index contributed by atoms with van der Waals surface area (Å²) in [6.07, 6.45) is 0. The van der Waals surface area contributed by atoms with Crippen molar-refractivity contribution in [1.82, 2.24) is 16.2 Å². The highest BCUT2D eigenvalue weighted by Gasteiger charge is 1.86. The smallest absolute Gasteiger partial charge is 0.180 e. The Kier molecular flexibility index (Phi) is 5.56. The van der Waals surface area contributed by atoms with Crippen LogP contribution in [0.3, 0.4) is 0 Å². The summed E-state index contributed by atoms with van der Waals surface area (Å²) in [5, 5.41) is 3.59. The van der Waals surface area contributed by atoms with Crippen molar-refractivity contribution < 1.29 is 0 Å². The summed E-state index contributed by atoms with van der Waals surface area (Å²) in [7, 11) is 0. The summed E-state index contributed by atoms with van der Waals surface area (Å²) in [6.45, 7) is 5.73. The molecule has 0 unspecified atom stereocenters. The molecule has 54 valence electrons. The molecule has 0 aromatic carbocycles. The third-order valence-electron chi connectivity index (χ3n) is 0.716. The van der Waals surface area contributed by atoms with Crippen LogP contribution in [0.5, 0.6) is 0 Å². The Labute approximate surface area is 61.2 Å². The van der Waals surface area contributed by atoms with Crippen molar-refractivity contribution in [1.29, 1.82) is 0 Å². The van der Waals surface area contributed by atoms with Gasteiger partial charge >= 0.3 is 0 Å². The number of hydrogen-bond acceptors (Lipinski definition) is 2. The highest BCUT2D eigenvalue weighted by molar-refractivity contribution is 7.80. The molecule has 0 aliphatic rings. The van der Waals surface area contributed by atoms with Crippen molar-refractivity contribution in [2.75, 3.05) is 13.1 Å². The maximum Gasteiger partial charge on any atom is 0.180 e. The first-order chi connectivity index (χ1) is 4.31. The minimum absolute atomic E-state index is 0.652. The standard InChI is InChI=1S/C5H13N3S/c1-3-6-5(9)8-7-4-2/h7H,3-4H2,1-2H3,(H2,6,8,9). The van der Waals surface area contributed by atoms with Crippen LogP contribution in [-0.2, 0) is 0 Å². The largest absolute Gasteiger partial charge is 0.362 e. The first kappa shape index (κ1) is 8.65. The van der Waals surface area contributed by atoms with Crippen LogP contribution in [-0.4, -0.2) is 18.2 Å². The third-order valence-corrected chi connectivity index (χ3v) is 0.962. The molecule has 0 spiro atoms. The molecule has 0 aromatic heterocycles. The molecule has 0 heterocycles. The van der Waals surface area contributed by atoms with E-state index in [0.29, 0.717) is 5.11 Å². The van der Waals surface area contributed by atoms with Gasteiger partial charge in [-0.25, -0.2) is 5.43 Å². The van der Waals surface area contributed by atoms with Gasteiger partial charge in [-0.2, -0.15) is 0 Å². The van der Waals surface area contributed by atoms with Gasteiger partial charge in [-0.1, -0.05) is 6.92 Å². The zero-order valence-electron chi connectivity index (χ0n) is 5.82. The minimum Gasteiger partial charge on any atom is -0.362 e. The first-order valence-corrected chi connectivity index (χ1v) is 3.48. The van der Waals surface area contributed by atoms with E-state index in [9.17, 15) is 0 Å². The van der Waals surface area contributed by atoms with Crippen LogP contribution >= 0.6 is 12.2 Å². The van der Waals surface area contributed by atoms with E-state index in [2.05, 4.69) is 16.2 Å². The monoisotopic (exact) mass is 147 g/mol. The summed E-state index contributed by atoms with van der Waals surface area (Å²) in [6, 6.07) is 0. The van der Waals surface area contributed by atoms with E-state index in [1.807, 2.05) is 13.8 Å². The SMILES string of the molecule is CCNNC(=S)NCC. The third kappa shape index (κ3) is 5.52. The lowest BCUT2D eigenvalue weighted by molar-refractivity contribution is 0.673. The molecule has 0 radical (unpaired) electrons. The van der Waals surface area contributed by atoms with E-state index in [0.717, 1.165) is 13.1 Å². The van der Waals surface area contributed by atoms with E-state index in [1.54, 1.807) is 0 Å². The second-order valence-corrected chi connectivity index (χ2v) is 1.92. The van der Waals surface area contributed by atoms with Crippen LogP contribution in [0, 0.1) is 0 Å². The Bertz CT molecular complexity index is 84.3. The predicted molar refractivity (Wildman–Crippen MR) is 43.1 cm³/mol. The van der Waals surface area contributed by atoms with Crippen molar-refractivity contribution >= 4 is 17.3 Å². The molecule has 0 aliphatic heterocycles. The highest BCUT2D eigenvalue weighted by atomic mass is 32.1. The van der Waals surface area contributed by atoms with Gasteiger partial charge in [0.2, 0.25) is 0 Å². The van der Waals surface area contributed by atoms with Crippen LogP contribution < -0.4 is 16.2 Å². The molecule has 0 aliphatic carbocycles. The quantitative estimate of drug-likeness (QED) is 0.388. The lowest BCUT2D eigenvalue weighted by Gasteiger charge is -2.07. The van der Waals surface area contributed by atoms with Crippen molar-refractivity contribution in [2.24, 2.45) is 0 Å². The zero-order valence-corrected chi connectivity index (χ0v) is 6.64. The molecular formula is C5H13N3S. The summed E-state index contributed by atoms with van der Waals surface area (Å²) in [4.78, 5) is 0. The second kappa shape index (κ2) is 5.78. The van der Waals surface area contributed by atoms with E-state index >= 15 is 0 Å². The maximum atomic E-state index is 4.83. The summed E-state index contributed by atoms with van der Waals surface area (Å²) < 4.78 is 0. The summed E-state index contributed by atoms with van der Waals surface area (Å²) in [5.41, 5.74) is 5.68. The minimum atomic E-state index is 0.652. The van der Waals surface area contributed by atoms with Crippen molar-refractivity contribution in [3.05, 3.63) is 0 Å². The Morgan fingerprint density at radius 1 is 1.33 bits per heavy atom. The van der Waals surface area contributed by atoms with Gasteiger partial charge in [-0.15, -0.1) is 0 Å². The molecule has 0 amide bonds. The number of hydrogen-bond donors (Lipinski definition) is 3. The average Bonchev–Trinajstić information content (AvgIpc) is 1.85. The molecule has 0 saturated carbocycles. The van der Waals surface area contributed by atoms with Crippen LogP contribution in [0.1, 0.15) is 13.8 Å². The fourth-order valence-electron chi connectivity index (χ4n) is 0.373. The van der Waals surface area contributed by atoms with E-state index in [1.165, 1.54) is 0 Å². The fraction of sp³-hybridized carbons (Fsp3) is 0.800. The molecule has 0 saturated heterocycles. The average molecular weight is 147 g/mol. The van der Waals surface area contributed by atoms with Gasteiger partial charge < -0.3 is 5.32 Å². The number of thiocarbonyl (C=S) groups is 1. The van der Waals surface area contributed by atoms with Crippen LogP contribution in [0.2, 0.25) is 0 Å². The van der Waals surface area contributed by atoms with Crippen molar-refractivity contribution in [2.45, 2.75) is 13.8 Å². The van der Waals surface area contributed by atoms with Gasteiger partial charge in [0, 0.05) is 13.1 Å². The van der Waals surface area contributed by atoms with Crippen LogP contribution in [0.15, 0.2) is 0 Å². The van der Waals surface area contributed by atoms with Gasteiger partial charge in [-0.05, 0) is 19.1 Å². The molecule has 0 atom stereocenters. The molecule has 4 heteroatoms. The molecule has 0 rings (SSSR count). The zero-order chi connectivity index (χ0) is 7.11. The fourth-order valence-corrected chi connectivity index (χ4v) is 0.590. The van der Waals surface area contributed by atoms with Crippen LogP contribution in [0.4, 0.5) is 0 Å². The Balaban J connectivity index is 3.06. The van der Waals surface area contributed by atoms with Crippen molar-refractivity contribution in [3.63, 3.8) is 0 Å². The number of hydrazine groups is 1. The highest BCUT2D eigenvalue weighted by Crippen LogP contribution is 1.60. The lowest BCUT2D eigenvalue weighted by atomic mass is 10.7. The Hall–Kier alpha value is -0.350. The van der Waals surface area contributed by atoms with E-state index < -0.39 is 0 Å². The molecule has 9 heavy (non-hydrogen) atoms. The molecule has 3 nitrogen and oxygen atoms in total. The normalized spacial score (nSPS) is 8.67. The van der Waals surface area contributed by atoms with E-state index in [-0.39, 0.29) is 0 Å². The molecule has 3 N–H and O–H groups in total. The van der Waals surface area contributed by atoms with E-state index in [4.69, 9.17) is 12.2 Å². The predicted octanol–water partition coefficient (Wildman–Crippen LogP) is -0.00510. The van der Waals surface area contributed by atoms with Gasteiger partial charge in [0.05, 0.1) is 0 Å².